The Kier molecular flexibility index (Phi) is 4.78. The number of rotatable bonds is 4. The number of hydrogen-bond acceptors (Lipinski definition) is 2. The van der Waals surface area contributed by atoms with E-state index in [2.05, 4.69) is 26.1 Å². The molecule has 0 rings (SSSR count). The Labute approximate surface area is 93.8 Å². The molecule has 90 valence electrons. The molecule has 3 heteroatoms. The van der Waals surface area contributed by atoms with E-state index in [1.165, 1.54) is 0 Å². The normalized spacial score (nSPS) is 14.9. The van der Waals surface area contributed by atoms with Crippen LogP contribution in [0.3, 0.4) is 0 Å². The van der Waals surface area contributed by atoms with Gasteiger partial charge in [-0.15, -0.1) is 0 Å². The van der Waals surface area contributed by atoms with Crippen molar-refractivity contribution in [3.63, 3.8) is 0 Å². The Morgan fingerprint density at radius 3 is 1.87 bits per heavy atom. The van der Waals surface area contributed by atoms with Gasteiger partial charge in [-0.05, 0) is 25.2 Å². The highest BCUT2D eigenvalue weighted by Crippen LogP contribution is 2.20. The van der Waals surface area contributed by atoms with E-state index in [0.717, 1.165) is 12.8 Å². The van der Waals surface area contributed by atoms with E-state index in [1.807, 2.05) is 20.8 Å². The third kappa shape index (κ3) is 4.20. The zero-order valence-corrected chi connectivity index (χ0v) is 11.0. The molecule has 0 aliphatic carbocycles. The number of nitrogens with two attached hydrogens (primary N) is 1. The lowest BCUT2D eigenvalue weighted by molar-refractivity contribution is -0.126. The highest BCUT2D eigenvalue weighted by molar-refractivity contribution is 5.83. The minimum Gasteiger partial charge on any atom is -0.350 e. The van der Waals surface area contributed by atoms with Gasteiger partial charge in [0.2, 0.25) is 5.91 Å². The maximum atomic E-state index is 11.9. The fourth-order valence-corrected chi connectivity index (χ4v) is 1.20. The van der Waals surface area contributed by atoms with Gasteiger partial charge in [-0.2, -0.15) is 0 Å². The van der Waals surface area contributed by atoms with Gasteiger partial charge in [0, 0.05) is 5.54 Å². The van der Waals surface area contributed by atoms with Crippen LogP contribution in [0.2, 0.25) is 0 Å². The molecule has 0 bridgehead atoms. The quantitative estimate of drug-likeness (QED) is 0.752. The van der Waals surface area contributed by atoms with Crippen molar-refractivity contribution < 1.29 is 4.79 Å². The highest BCUT2D eigenvalue weighted by atomic mass is 16.2. The molecule has 0 fully saturated rings. The maximum Gasteiger partial charge on any atom is 0.237 e. The van der Waals surface area contributed by atoms with E-state index in [1.54, 1.807) is 0 Å². The predicted octanol–water partition coefficient (Wildman–Crippen LogP) is 2.05. The van der Waals surface area contributed by atoms with Gasteiger partial charge in [-0.3, -0.25) is 4.79 Å². The molecule has 0 heterocycles. The first-order chi connectivity index (χ1) is 6.66. The van der Waals surface area contributed by atoms with Crippen molar-refractivity contribution in [2.75, 3.05) is 0 Å². The summed E-state index contributed by atoms with van der Waals surface area (Å²) < 4.78 is 0. The third-order valence-corrected chi connectivity index (χ3v) is 3.20. The Balaban J connectivity index is 4.49. The third-order valence-electron chi connectivity index (χ3n) is 3.20. The second-order valence-corrected chi connectivity index (χ2v) is 5.60. The first-order valence-electron chi connectivity index (χ1n) is 5.74. The van der Waals surface area contributed by atoms with Gasteiger partial charge in [0.05, 0.1) is 6.04 Å². The molecule has 0 aliphatic rings. The van der Waals surface area contributed by atoms with Crippen molar-refractivity contribution in [1.29, 1.82) is 0 Å². The molecule has 0 unspecified atom stereocenters. The highest BCUT2D eigenvalue weighted by Gasteiger charge is 2.31. The van der Waals surface area contributed by atoms with Crippen LogP contribution in [0.1, 0.15) is 54.4 Å². The summed E-state index contributed by atoms with van der Waals surface area (Å²) >= 11 is 0. The molecular formula is C12H26N2O. The Bertz CT molecular complexity index is 214. The van der Waals surface area contributed by atoms with Crippen LogP contribution < -0.4 is 11.1 Å². The molecule has 0 aromatic carbocycles. The molecule has 0 spiro atoms. The van der Waals surface area contributed by atoms with Crippen LogP contribution in [-0.4, -0.2) is 17.5 Å². The van der Waals surface area contributed by atoms with Crippen molar-refractivity contribution in [3.8, 4) is 0 Å². The van der Waals surface area contributed by atoms with Gasteiger partial charge in [0.25, 0.3) is 0 Å². The van der Waals surface area contributed by atoms with Crippen LogP contribution in [0.5, 0.6) is 0 Å². The van der Waals surface area contributed by atoms with E-state index in [9.17, 15) is 4.79 Å². The predicted molar refractivity (Wildman–Crippen MR) is 64.6 cm³/mol. The first-order valence-corrected chi connectivity index (χ1v) is 5.74. The molecular weight excluding hydrogens is 188 g/mol. The Morgan fingerprint density at radius 2 is 1.60 bits per heavy atom. The summed E-state index contributed by atoms with van der Waals surface area (Å²) in [6.07, 6.45) is 1.85. The molecule has 0 aliphatic heterocycles. The Hall–Kier alpha value is -0.570. The summed E-state index contributed by atoms with van der Waals surface area (Å²) in [6.45, 7) is 12.1. The lowest BCUT2D eigenvalue weighted by Crippen LogP contribution is -2.55. The minimum absolute atomic E-state index is 0.0475. The number of amides is 1. The van der Waals surface area contributed by atoms with Crippen LogP contribution in [-0.2, 0) is 4.79 Å². The molecule has 1 atom stereocenters. The van der Waals surface area contributed by atoms with Gasteiger partial charge in [-0.25, -0.2) is 0 Å². The molecule has 0 radical (unpaired) electrons. The first kappa shape index (κ1) is 14.4. The smallest absolute Gasteiger partial charge is 0.237 e. The minimum atomic E-state index is -0.449. The fraction of sp³-hybridized carbons (Fsp3) is 0.917. The maximum absolute atomic E-state index is 11.9. The topological polar surface area (TPSA) is 55.1 Å². The van der Waals surface area contributed by atoms with Crippen LogP contribution >= 0.6 is 0 Å². The largest absolute Gasteiger partial charge is 0.350 e. The van der Waals surface area contributed by atoms with Crippen LogP contribution in [0.4, 0.5) is 0 Å². The van der Waals surface area contributed by atoms with Crippen molar-refractivity contribution in [3.05, 3.63) is 0 Å². The summed E-state index contributed by atoms with van der Waals surface area (Å²) in [6, 6.07) is -0.449. The monoisotopic (exact) mass is 214 g/mol. The van der Waals surface area contributed by atoms with Crippen molar-refractivity contribution in [1.82, 2.24) is 5.32 Å². The van der Waals surface area contributed by atoms with E-state index in [4.69, 9.17) is 5.73 Å². The summed E-state index contributed by atoms with van der Waals surface area (Å²) in [4.78, 5) is 11.9. The zero-order valence-electron chi connectivity index (χ0n) is 11.0. The number of carbonyl (C=O) groups excluding carboxylic acids is 1. The summed E-state index contributed by atoms with van der Waals surface area (Å²) in [5.74, 6) is -0.0475. The van der Waals surface area contributed by atoms with Crippen LogP contribution in [0, 0.1) is 5.41 Å². The standard InChI is InChI=1S/C12H26N2O/c1-7-12(6,8-2)14-10(15)9(13)11(3,4)5/h9H,7-8,13H2,1-6H3,(H,14,15)/t9-/m1/s1. The van der Waals surface area contributed by atoms with E-state index < -0.39 is 6.04 Å². The molecule has 15 heavy (non-hydrogen) atoms. The van der Waals surface area contributed by atoms with Crippen LogP contribution in [0.15, 0.2) is 0 Å². The van der Waals surface area contributed by atoms with Crippen LogP contribution in [0.25, 0.3) is 0 Å². The van der Waals surface area contributed by atoms with Gasteiger partial charge in [0.1, 0.15) is 0 Å². The Morgan fingerprint density at radius 1 is 1.20 bits per heavy atom. The number of carbonyl (C=O) groups is 1. The lowest BCUT2D eigenvalue weighted by Gasteiger charge is -2.33. The average Bonchev–Trinajstić information content (AvgIpc) is 2.15. The summed E-state index contributed by atoms with van der Waals surface area (Å²) in [5, 5.41) is 3.04. The lowest BCUT2D eigenvalue weighted by atomic mass is 9.85. The average molecular weight is 214 g/mol. The summed E-state index contributed by atoms with van der Waals surface area (Å²) in [5.41, 5.74) is 5.59. The second-order valence-electron chi connectivity index (χ2n) is 5.60. The molecule has 0 aromatic heterocycles. The summed E-state index contributed by atoms with van der Waals surface area (Å²) in [7, 11) is 0. The number of nitrogens with one attached hydrogen (secondary N) is 1. The molecule has 1 amide bonds. The van der Waals surface area contributed by atoms with Crippen molar-refractivity contribution in [2.45, 2.75) is 66.0 Å². The molecule has 3 N–H and O–H groups in total. The number of hydrogen-bond donors (Lipinski definition) is 2. The van der Waals surface area contributed by atoms with Gasteiger partial charge in [-0.1, -0.05) is 34.6 Å². The van der Waals surface area contributed by atoms with Gasteiger partial charge >= 0.3 is 0 Å². The van der Waals surface area contributed by atoms with Crippen molar-refractivity contribution in [2.24, 2.45) is 11.1 Å². The molecule has 3 nitrogen and oxygen atoms in total. The fourth-order valence-electron chi connectivity index (χ4n) is 1.20. The molecule has 0 aromatic rings. The molecule has 0 saturated heterocycles. The SMILES string of the molecule is CCC(C)(CC)NC(=O)[C@@H](N)C(C)(C)C. The zero-order chi connectivity index (χ0) is 12.3. The van der Waals surface area contributed by atoms with E-state index >= 15 is 0 Å². The van der Waals surface area contributed by atoms with Crippen molar-refractivity contribution >= 4 is 5.91 Å². The molecule has 0 saturated carbocycles. The van der Waals surface area contributed by atoms with E-state index in [-0.39, 0.29) is 16.9 Å². The second kappa shape index (κ2) is 4.97. The van der Waals surface area contributed by atoms with E-state index in [0.29, 0.717) is 0 Å². The van der Waals surface area contributed by atoms with Gasteiger partial charge in [0.15, 0.2) is 0 Å². The van der Waals surface area contributed by atoms with Gasteiger partial charge < -0.3 is 11.1 Å².